The summed E-state index contributed by atoms with van der Waals surface area (Å²) in [5, 5.41) is 7.07. The third-order valence-electron chi connectivity index (χ3n) is 3.89. The van der Waals surface area contributed by atoms with Gasteiger partial charge in [-0.1, -0.05) is 24.3 Å². The minimum Gasteiger partial charge on any atom is -0.319 e. The van der Waals surface area contributed by atoms with Gasteiger partial charge in [-0.15, -0.1) is 0 Å². The van der Waals surface area contributed by atoms with Gasteiger partial charge < -0.3 is 5.32 Å². The van der Waals surface area contributed by atoms with Crippen molar-refractivity contribution in [3.63, 3.8) is 0 Å². The summed E-state index contributed by atoms with van der Waals surface area (Å²) in [5.41, 5.74) is 3.61. The van der Waals surface area contributed by atoms with E-state index < -0.39 is 5.82 Å². The highest BCUT2D eigenvalue weighted by molar-refractivity contribution is 6.06. The third-order valence-corrected chi connectivity index (χ3v) is 3.89. The topological polar surface area (TPSA) is 46.9 Å². The summed E-state index contributed by atoms with van der Waals surface area (Å²) in [5.74, 6) is -0.816. The number of anilines is 1. The number of hydrogen-bond donors (Lipinski definition) is 1. The van der Waals surface area contributed by atoms with E-state index in [0.29, 0.717) is 17.0 Å². The maximum Gasteiger partial charge on any atom is 0.259 e. The van der Waals surface area contributed by atoms with Gasteiger partial charge in [-0.05, 0) is 50.6 Å². The summed E-state index contributed by atoms with van der Waals surface area (Å²) in [6, 6.07) is 14.3. The highest BCUT2D eigenvalue weighted by atomic mass is 19.1. The minimum absolute atomic E-state index is 0.164. The molecule has 3 rings (SSSR count). The predicted molar refractivity (Wildman–Crippen MR) is 92.1 cm³/mol. The van der Waals surface area contributed by atoms with Gasteiger partial charge in [-0.25, -0.2) is 9.07 Å². The van der Waals surface area contributed by atoms with Crippen LogP contribution in [0.3, 0.4) is 0 Å². The Balaban J connectivity index is 1.95. The monoisotopic (exact) mass is 323 g/mol. The van der Waals surface area contributed by atoms with Crippen molar-refractivity contribution in [1.82, 2.24) is 9.78 Å². The van der Waals surface area contributed by atoms with E-state index in [4.69, 9.17) is 0 Å². The van der Waals surface area contributed by atoms with Gasteiger partial charge in [-0.2, -0.15) is 5.10 Å². The summed E-state index contributed by atoms with van der Waals surface area (Å²) >= 11 is 0. The fourth-order valence-electron chi connectivity index (χ4n) is 2.70. The molecule has 0 spiro atoms. The van der Waals surface area contributed by atoms with Gasteiger partial charge in [0.15, 0.2) is 0 Å². The van der Waals surface area contributed by atoms with E-state index in [1.165, 1.54) is 6.07 Å². The van der Waals surface area contributed by atoms with Crippen molar-refractivity contribution in [3.05, 3.63) is 76.9 Å². The fraction of sp³-hybridized carbons (Fsp3) is 0.158. The zero-order valence-electron chi connectivity index (χ0n) is 13.8. The Hall–Kier alpha value is -2.95. The minimum atomic E-state index is -0.450. The quantitative estimate of drug-likeness (QED) is 0.785. The van der Waals surface area contributed by atoms with E-state index in [0.717, 1.165) is 11.3 Å². The number of aryl methyl sites for hydroxylation is 2. The lowest BCUT2D eigenvalue weighted by Crippen LogP contribution is -2.15. The van der Waals surface area contributed by atoms with Crippen LogP contribution in [0.2, 0.25) is 0 Å². The average molecular weight is 323 g/mol. The predicted octanol–water partition coefficient (Wildman–Crippen LogP) is 4.19. The lowest BCUT2D eigenvalue weighted by Gasteiger charge is -2.08. The number of nitrogens with one attached hydrogen (secondary N) is 1. The van der Waals surface area contributed by atoms with Gasteiger partial charge in [0.25, 0.3) is 5.91 Å². The normalized spacial score (nSPS) is 10.7. The molecule has 0 fully saturated rings. The summed E-state index contributed by atoms with van der Waals surface area (Å²) < 4.78 is 15.7. The Labute approximate surface area is 139 Å². The van der Waals surface area contributed by atoms with Crippen molar-refractivity contribution in [2.24, 2.45) is 0 Å². The molecule has 4 nitrogen and oxygen atoms in total. The molecule has 24 heavy (non-hydrogen) atoms. The number of carbonyl (C=O) groups is 1. The third kappa shape index (κ3) is 2.93. The van der Waals surface area contributed by atoms with E-state index in [-0.39, 0.29) is 11.6 Å². The number of halogens is 1. The number of hydrogen-bond acceptors (Lipinski definition) is 2. The Morgan fingerprint density at radius 3 is 2.46 bits per heavy atom. The smallest absolute Gasteiger partial charge is 0.259 e. The lowest BCUT2D eigenvalue weighted by molar-refractivity contribution is 0.102. The van der Waals surface area contributed by atoms with Crippen LogP contribution < -0.4 is 5.32 Å². The number of amides is 1. The van der Waals surface area contributed by atoms with E-state index >= 15 is 0 Å². The van der Waals surface area contributed by atoms with Crippen molar-refractivity contribution in [2.75, 3.05) is 5.32 Å². The Morgan fingerprint density at radius 2 is 1.79 bits per heavy atom. The molecule has 0 saturated heterocycles. The van der Waals surface area contributed by atoms with E-state index in [9.17, 15) is 9.18 Å². The summed E-state index contributed by atoms with van der Waals surface area (Å²) in [6.45, 7) is 5.40. The highest BCUT2D eigenvalue weighted by Gasteiger charge is 2.20. The van der Waals surface area contributed by atoms with Gasteiger partial charge in [0.05, 0.1) is 28.3 Å². The van der Waals surface area contributed by atoms with Crippen molar-refractivity contribution >= 4 is 11.6 Å². The molecule has 2 aromatic carbocycles. The second kappa shape index (κ2) is 6.28. The highest BCUT2D eigenvalue weighted by Crippen LogP contribution is 2.21. The molecule has 1 amide bonds. The molecule has 1 aromatic heterocycles. The van der Waals surface area contributed by atoms with Crippen LogP contribution in [-0.4, -0.2) is 15.7 Å². The van der Waals surface area contributed by atoms with Gasteiger partial charge >= 0.3 is 0 Å². The summed E-state index contributed by atoms with van der Waals surface area (Å²) in [6.07, 6.45) is 0. The first kappa shape index (κ1) is 15.9. The maximum atomic E-state index is 14.0. The molecule has 1 N–H and O–H groups in total. The SMILES string of the molecule is Cc1ccc(NC(=O)c2c(C)nn(-c3ccccc3)c2C)c(F)c1. The fourth-order valence-corrected chi connectivity index (χ4v) is 2.70. The summed E-state index contributed by atoms with van der Waals surface area (Å²) in [4.78, 5) is 12.6. The molecule has 0 aliphatic rings. The number of para-hydroxylation sites is 1. The second-order valence-corrected chi connectivity index (χ2v) is 5.73. The Kier molecular flexibility index (Phi) is 4.16. The molecule has 0 unspecified atom stereocenters. The zero-order valence-corrected chi connectivity index (χ0v) is 13.8. The van der Waals surface area contributed by atoms with Crippen LogP contribution in [0.4, 0.5) is 10.1 Å². The number of nitrogens with zero attached hydrogens (tertiary/aromatic N) is 2. The molecular formula is C19H18FN3O. The molecule has 0 bridgehead atoms. The molecule has 1 heterocycles. The molecule has 0 radical (unpaired) electrons. The Bertz CT molecular complexity index is 900. The van der Waals surface area contributed by atoms with Gasteiger partial charge in [0, 0.05) is 0 Å². The van der Waals surface area contributed by atoms with Crippen LogP contribution in [0.5, 0.6) is 0 Å². The van der Waals surface area contributed by atoms with Crippen LogP contribution in [0.15, 0.2) is 48.5 Å². The van der Waals surface area contributed by atoms with E-state index in [2.05, 4.69) is 10.4 Å². The van der Waals surface area contributed by atoms with Crippen LogP contribution in [0.1, 0.15) is 27.3 Å². The first-order valence-corrected chi connectivity index (χ1v) is 7.66. The number of aromatic nitrogens is 2. The van der Waals surface area contributed by atoms with Gasteiger partial charge in [0.2, 0.25) is 0 Å². The summed E-state index contributed by atoms with van der Waals surface area (Å²) in [7, 11) is 0. The first-order chi connectivity index (χ1) is 11.5. The van der Waals surface area contributed by atoms with Crippen molar-refractivity contribution < 1.29 is 9.18 Å². The first-order valence-electron chi connectivity index (χ1n) is 7.66. The standard InChI is InChI=1S/C19H18FN3O/c1-12-9-10-17(16(20)11-12)21-19(24)18-13(2)22-23(14(18)3)15-7-5-4-6-8-15/h4-11H,1-3H3,(H,21,24). The van der Waals surface area contributed by atoms with Gasteiger partial charge in [-0.3, -0.25) is 4.79 Å². The molecule has 0 aliphatic heterocycles. The van der Waals surface area contributed by atoms with Crippen molar-refractivity contribution in [2.45, 2.75) is 20.8 Å². The van der Waals surface area contributed by atoms with Crippen LogP contribution in [0.25, 0.3) is 5.69 Å². The molecule has 3 aromatic rings. The van der Waals surface area contributed by atoms with Crippen molar-refractivity contribution in [1.29, 1.82) is 0 Å². The molecule has 122 valence electrons. The zero-order chi connectivity index (χ0) is 17.3. The molecule has 0 atom stereocenters. The largest absolute Gasteiger partial charge is 0.319 e. The molecular weight excluding hydrogens is 305 g/mol. The second-order valence-electron chi connectivity index (χ2n) is 5.73. The Morgan fingerprint density at radius 1 is 1.08 bits per heavy atom. The van der Waals surface area contributed by atoms with E-state index in [1.54, 1.807) is 30.7 Å². The van der Waals surface area contributed by atoms with Gasteiger partial charge in [0.1, 0.15) is 5.82 Å². The molecule has 0 aliphatic carbocycles. The molecule has 0 saturated carbocycles. The lowest BCUT2D eigenvalue weighted by atomic mass is 10.1. The number of carbonyl (C=O) groups excluding carboxylic acids is 1. The van der Waals surface area contributed by atoms with Crippen LogP contribution in [0, 0.1) is 26.6 Å². The van der Waals surface area contributed by atoms with Crippen LogP contribution in [-0.2, 0) is 0 Å². The van der Waals surface area contributed by atoms with Crippen LogP contribution >= 0.6 is 0 Å². The number of benzene rings is 2. The average Bonchev–Trinajstić information content (AvgIpc) is 2.85. The molecule has 5 heteroatoms. The van der Waals surface area contributed by atoms with Crippen molar-refractivity contribution in [3.8, 4) is 5.69 Å². The number of rotatable bonds is 3. The van der Waals surface area contributed by atoms with E-state index in [1.807, 2.05) is 37.3 Å². The maximum absolute atomic E-state index is 14.0.